The summed E-state index contributed by atoms with van der Waals surface area (Å²) >= 11 is 5.88. The Labute approximate surface area is 146 Å². The molecule has 0 radical (unpaired) electrons. The highest BCUT2D eigenvalue weighted by Gasteiger charge is 2.35. The molecule has 1 atom stereocenters. The van der Waals surface area contributed by atoms with Gasteiger partial charge in [-0.1, -0.05) is 23.7 Å². The van der Waals surface area contributed by atoms with Gasteiger partial charge in [0.15, 0.2) is 0 Å². The zero-order chi connectivity index (χ0) is 17.3. The summed E-state index contributed by atoms with van der Waals surface area (Å²) in [5.74, 6) is -0.514. The fraction of sp³-hybridized carbons (Fsp3) is 0.263. The molecule has 1 aliphatic rings. The SMILES string of the molecule is Cc1cccc(NC(=O)[C@@H]2CC(=O)N(c3ccc(Cl)cc3)C2)c1C. The number of benzene rings is 2. The van der Waals surface area contributed by atoms with Gasteiger partial charge in [-0.25, -0.2) is 0 Å². The predicted molar refractivity (Wildman–Crippen MR) is 96.5 cm³/mol. The highest BCUT2D eigenvalue weighted by Crippen LogP contribution is 2.27. The van der Waals surface area contributed by atoms with E-state index in [1.165, 1.54) is 0 Å². The van der Waals surface area contributed by atoms with Crippen LogP contribution in [-0.4, -0.2) is 18.4 Å². The lowest BCUT2D eigenvalue weighted by Gasteiger charge is -2.17. The number of carbonyl (C=O) groups is 2. The lowest BCUT2D eigenvalue weighted by Crippen LogP contribution is -2.28. The van der Waals surface area contributed by atoms with Gasteiger partial charge in [-0.05, 0) is 55.3 Å². The summed E-state index contributed by atoms with van der Waals surface area (Å²) in [7, 11) is 0. The second-order valence-electron chi connectivity index (χ2n) is 6.12. The van der Waals surface area contributed by atoms with E-state index in [4.69, 9.17) is 11.6 Å². The summed E-state index contributed by atoms with van der Waals surface area (Å²) in [6, 6.07) is 12.9. The van der Waals surface area contributed by atoms with Crippen molar-refractivity contribution in [1.82, 2.24) is 0 Å². The number of hydrogen-bond donors (Lipinski definition) is 1. The first-order valence-electron chi connectivity index (χ1n) is 7.88. The number of amides is 2. The molecule has 4 nitrogen and oxygen atoms in total. The standard InChI is InChI=1S/C19H19ClN2O2/c1-12-4-3-5-17(13(12)2)21-19(24)14-10-18(23)22(11-14)16-8-6-15(20)7-9-16/h3-9,14H,10-11H2,1-2H3,(H,21,24)/t14-/m1/s1. The molecular weight excluding hydrogens is 324 g/mol. The maximum atomic E-state index is 12.5. The fourth-order valence-corrected chi connectivity index (χ4v) is 3.00. The summed E-state index contributed by atoms with van der Waals surface area (Å²) in [5, 5.41) is 3.58. The Morgan fingerprint density at radius 1 is 1.17 bits per heavy atom. The number of hydrogen-bond acceptors (Lipinski definition) is 2. The molecule has 3 rings (SSSR count). The van der Waals surface area contributed by atoms with Crippen LogP contribution >= 0.6 is 11.6 Å². The molecule has 1 saturated heterocycles. The number of halogens is 1. The van der Waals surface area contributed by atoms with Crippen molar-refractivity contribution in [3.8, 4) is 0 Å². The van der Waals surface area contributed by atoms with Gasteiger partial charge < -0.3 is 10.2 Å². The molecule has 2 aromatic rings. The Kier molecular flexibility index (Phi) is 4.58. The predicted octanol–water partition coefficient (Wildman–Crippen LogP) is 3.95. The van der Waals surface area contributed by atoms with Crippen LogP contribution in [0.4, 0.5) is 11.4 Å². The maximum absolute atomic E-state index is 12.5. The number of anilines is 2. The zero-order valence-electron chi connectivity index (χ0n) is 13.7. The molecule has 1 fully saturated rings. The molecule has 0 unspecified atom stereocenters. The van der Waals surface area contributed by atoms with Crippen LogP contribution in [0, 0.1) is 19.8 Å². The van der Waals surface area contributed by atoms with Crippen molar-refractivity contribution in [2.45, 2.75) is 20.3 Å². The number of aryl methyl sites for hydroxylation is 1. The Morgan fingerprint density at radius 3 is 2.58 bits per heavy atom. The number of rotatable bonds is 3. The second kappa shape index (κ2) is 6.65. The maximum Gasteiger partial charge on any atom is 0.229 e. The van der Waals surface area contributed by atoms with E-state index in [1.54, 1.807) is 29.2 Å². The van der Waals surface area contributed by atoms with E-state index in [9.17, 15) is 9.59 Å². The number of nitrogens with zero attached hydrogens (tertiary/aromatic N) is 1. The monoisotopic (exact) mass is 342 g/mol. The van der Waals surface area contributed by atoms with Gasteiger partial charge in [0.1, 0.15) is 0 Å². The van der Waals surface area contributed by atoms with Crippen LogP contribution in [0.15, 0.2) is 42.5 Å². The highest BCUT2D eigenvalue weighted by atomic mass is 35.5. The van der Waals surface area contributed by atoms with Crippen molar-refractivity contribution in [2.75, 3.05) is 16.8 Å². The Balaban J connectivity index is 1.72. The summed E-state index contributed by atoms with van der Waals surface area (Å²) in [6.07, 6.45) is 0.222. The van der Waals surface area contributed by atoms with Crippen LogP contribution < -0.4 is 10.2 Å². The van der Waals surface area contributed by atoms with E-state index in [0.717, 1.165) is 22.5 Å². The van der Waals surface area contributed by atoms with Gasteiger partial charge in [-0.3, -0.25) is 9.59 Å². The minimum Gasteiger partial charge on any atom is -0.326 e. The summed E-state index contributed by atoms with van der Waals surface area (Å²) in [6.45, 7) is 4.37. The molecule has 5 heteroatoms. The molecule has 0 saturated carbocycles. The first-order chi connectivity index (χ1) is 11.5. The quantitative estimate of drug-likeness (QED) is 0.918. The Hall–Kier alpha value is -2.33. The van der Waals surface area contributed by atoms with Crippen molar-refractivity contribution >= 4 is 34.8 Å². The zero-order valence-corrected chi connectivity index (χ0v) is 14.4. The third-order valence-corrected chi connectivity index (χ3v) is 4.75. The van der Waals surface area contributed by atoms with Gasteiger partial charge in [-0.15, -0.1) is 0 Å². The topological polar surface area (TPSA) is 49.4 Å². The van der Waals surface area contributed by atoms with Gasteiger partial charge in [0.25, 0.3) is 0 Å². The molecule has 124 valence electrons. The second-order valence-corrected chi connectivity index (χ2v) is 6.55. The normalized spacial score (nSPS) is 17.2. The minimum atomic E-state index is -0.354. The lowest BCUT2D eigenvalue weighted by atomic mass is 10.1. The molecule has 24 heavy (non-hydrogen) atoms. The van der Waals surface area contributed by atoms with Crippen molar-refractivity contribution in [3.05, 3.63) is 58.6 Å². The molecule has 0 bridgehead atoms. The van der Waals surface area contributed by atoms with Crippen molar-refractivity contribution < 1.29 is 9.59 Å². The summed E-state index contributed by atoms with van der Waals surface area (Å²) in [4.78, 5) is 26.4. The largest absolute Gasteiger partial charge is 0.326 e. The van der Waals surface area contributed by atoms with E-state index < -0.39 is 0 Å². The number of carbonyl (C=O) groups excluding carboxylic acids is 2. The lowest BCUT2D eigenvalue weighted by molar-refractivity contribution is -0.122. The summed E-state index contributed by atoms with van der Waals surface area (Å²) < 4.78 is 0. The molecule has 2 amide bonds. The van der Waals surface area contributed by atoms with E-state index in [0.29, 0.717) is 11.6 Å². The van der Waals surface area contributed by atoms with Crippen LogP contribution in [0.5, 0.6) is 0 Å². The van der Waals surface area contributed by atoms with Gasteiger partial charge in [0.2, 0.25) is 11.8 Å². The molecule has 0 aliphatic carbocycles. The smallest absolute Gasteiger partial charge is 0.229 e. The van der Waals surface area contributed by atoms with Gasteiger partial charge >= 0.3 is 0 Å². The number of nitrogens with one attached hydrogen (secondary N) is 1. The molecular formula is C19H19ClN2O2. The van der Waals surface area contributed by atoms with Crippen LogP contribution in [0.2, 0.25) is 5.02 Å². The molecule has 0 aromatic heterocycles. The highest BCUT2D eigenvalue weighted by molar-refractivity contribution is 6.30. The minimum absolute atomic E-state index is 0.0431. The van der Waals surface area contributed by atoms with Crippen LogP contribution in [0.1, 0.15) is 17.5 Å². The third kappa shape index (κ3) is 3.29. The van der Waals surface area contributed by atoms with Gasteiger partial charge in [0.05, 0.1) is 5.92 Å². The fourth-order valence-electron chi connectivity index (χ4n) is 2.88. The summed E-state index contributed by atoms with van der Waals surface area (Å²) in [5.41, 5.74) is 3.74. The average Bonchev–Trinajstić information content (AvgIpc) is 2.94. The van der Waals surface area contributed by atoms with Crippen molar-refractivity contribution in [1.29, 1.82) is 0 Å². The molecule has 2 aromatic carbocycles. The average molecular weight is 343 g/mol. The van der Waals surface area contributed by atoms with Crippen molar-refractivity contribution in [2.24, 2.45) is 5.92 Å². The van der Waals surface area contributed by atoms with Crippen LogP contribution in [-0.2, 0) is 9.59 Å². The van der Waals surface area contributed by atoms with E-state index in [-0.39, 0.29) is 24.2 Å². The van der Waals surface area contributed by atoms with Crippen LogP contribution in [0.25, 0.3) is 0 Å². The van der Waals surface area contributed by atoms with E-state index >= 15 is 0 Å². The molecule has 1 N–H and O–H groups in total. The van der Waals surface area contributed by atoms with E-state index in [2.05, 4.69) is 5.32 Å². The van der Waals surface area contributed by atoms with E-state index in [1.807, 2.05) is 32.0 Å². The van der Waals surface area contributed by atoms with Gasteiger partial charge in [-0.2, -0.15) is 0 Å². The Morgan fingerprint density at radius 2 is 1.88 bits per heavy atom. The van der Waals surface area contributed by atoms with Gasteiger partial charge in [0, 0.05) is 29.4 Å². The third-order valence-electron chi connectivity index (χ3n) is 4.50. The Bertz CT molecular complexity index is 786. The first kappa shape index (κ1) is 16.5. The first-order valence-corrected chi connectivity index (χ1v) is 8.26. The molecule has 1 aliphatic heterocycles. The molecule has 0 spiro atoms. The molecule has 1 heterocycles. The van der Waals surface area contributed by atoms with Crippen LogP contribution in [0.3, 0.4) is 0 Å². The van der Waals surface area contributed by atoms with Crippen molar-refractivity contribution in [3.63, 3.8) is 0 Å².